The Morgan fingerprint density at radius 2 is 2.12 bits per heavy atom. The molecule has 1 aromatic rings. The highest BCUT2D eigenvalue weighted by Gasteiger charge is 2.06. The number of aryl methyl sites for hydroxylation is 1. The van der Waals surface area contributed by atoms with Gasteiger partial charge in [0.15, 0.2) is 5.78 Å². The van der Waals surface area contributed by atoms with Crippen molar-refractivity contribution in [3.8, 4) is 0 Å². The Morgan fingerprint density at radius 1 is 1.35 bits per heavy atom. The zero-order valence-electron chi connectivity index (χ0n) is 10.3. The Morgan fingerprint density at radius 3 is 2.76 bits per heavy atom. The van der Waals surface area contributed by atoms with Crippen molar-refractivity contribution < 1.29 is 4.79 Å². The lowest BCUT2D eigenvalue weighted by atomic mass is 10.0. The number of carbonyl (C=O) groups is 1. The van der Waals surface area contributed by atoms with Crippen LogP contribution in [0, 0.1) is 6.92 Å². The minimum absolute atomic E-state index is 0.211. The molecule has 0 saturated carbocycles. The highest BCUT2D eigenvalue weighted by Crippen LogP contribution is 2.18. The maximum Gasteiger partial charge on any atom is 0.162 e. The van der Waals surface area contributed by atoms with Gasteiger partial charge in [0.2, 0.25) is 0 Å². The number of rotatable bonds is 7. The maximum atomic E-state index is 11.9. The van der Waals surface area contributed by atoms with Crippen molar-refractivity contribution in [3.63, 3.8) is 0 Å². The molecule has 0 fully saturated rings. The van der Waals surface area contributed by atoms with Crippen molar-refractivity contribution in [1.82, 2.24) is 0 Å². The van der Waals surface area contributed by atoms with E-state index in [2.05, 4.69) is 6.58 Å². The number of allylic oxidation sites excluding steroid dienone is 1. The Hall–Kier alpha value is -1.08. The van der Waals surface area contributed by atoms with E-state index < -0.39 is 0 Å². The van der Waals surface area contributed by atoms with Gasteiger partial charge in [-0.05, 0) is 49.9 Å². The second kappa shape index (κ2) is 7.29. The van der Waals surface area contributed by atoms with Crippen LogP contribution in [0.5, 0.6) is 0 Å². The molecule has 1 aromatic carbocycles. The van der Waals surface area contributed by atoms with Crippen LogP contribution >= 0.6 is 11.6 Å². The summed E-state index contributed by atoms with van der Waals surface area (Å²) in [5.41, 5.74) is 1.74. The van der Waals surface area contributed by atoms with Gasteiger partial charge in [0.1, 0.15) is 0 Å². The molecule has 0 bridgehead atoms. The first-order valence-corrected chi connectivity index (χ1v) is 6.43. The van der Waals surface area contributed by atoms with Gasteiger partial charge < -0.3 is 0 Å². The van der Waals surface area contributed by atoms with E-state index in [4.69, 9.17) is 11.6 Å². The summed E-state index contributed by atoms with van der Waals surface area (Å²) >= 11 is 5.93. The van der Waals surface area contributed by atoms with Crippen LogP contribution < -0.4 is 0 Å². The zero-order valence-corrected chi connectivity index (χ0v) is 11.1. The number of unbranched alkanes of at least 4 members (excludes halogenated alkanes) is 3. The van der Waals surface area contributed by atoms with Crippen LogP contribution in [0.2, 0.25) is 5.02 Å². The van der Waals surface area contributed by atoms with Gasteiger partial charge in [-0.1, -0.05) is 24.1 Å². The molecule has 1 nitrogen and oxygen atoms in total. The molecule has 0 spiro atoms. The van der Waals surface area contributed by atoms with Crippen LogP contribution in [-0.4, -0.2) is 5.78 Å². The summed E-state index contributed by atoms with van der Waals surface area (Å²) in [6.45, 7) is 5.60. The predicted octanol–water partition coefficient (Wildman–Crippen LogP) is 4.97. The van der Waals surface area contributed by atoms with Crippen molar-refractivity contribution in [2.24, 2.45) is 0 Å². The number of hydrogen-bond donors (Lipinski definition) is 0. The number of ketones is 1. The summed E-state index contributed by atoms with van der Waals surface area (Å²) in [5.74, 6) is 0.211. The normalized spacial score (nSPS) is 10.2. The van der Waals surface area contributed by atoms with Crippen molar-refractivity contribution in [2.75, 3.05) is 0 Å². The van der Waals surface area contributed by atoms with E-state index in [1.165, 1.54) is 0 Å². The van der Waals surface area contributed by atoms with E-state index in [0.717, 1.165) is 36.8 Å². The first-order chi connectivity index (χ1) is 8.15. The van der Waals surface area contributed by atoms with Crippen molar-refractivity contribution in [1.29, 1.82) is 0 Å². The summed E-state index contributed by atoms with van der Waals surface area (Å²) in [6.07, 6.45) is 6.74. The van der Waals surface area contributed by atoms with Crippen LogP contribution in [0.3, 0.4) is 0 Å². The molecular weight excluding hydrogens is 232 g/mol. The van der Waals surface area contributed by atoms with Gasteiger partial charge in [0.25, 0.3) is 0 Å². The summed E-state index contributed by atoms with van der Waals surface area (Å²) in [7, 11) is 0. The lowest BCUT2D eigenvalue weighted by Gasteiger charge is -2.03. The van der Waals surface area contributed by atoms with Gasteiger partial charge in [-0.25, -0.2) is 0 Å². The second-order valence-corrected chi connectivity index (χ2v) is 4.68. The van der Waals surface area contributed by atoms with Crippen molar-refractivity contribution in [2.45, 2.75) is 39.0 Å². The van der Waals surface area contributed by atoms with Gasteiger partial charge in [-0.3, -0.25) is 4.79 Å². The fraction of sp³-hybridized carbons (Fsp3) is 0.400. The number of benzene rings is 1. The van der Waals surface area contributed by atoms with Gasteiger partial charge in [-0.15, -0.1) is 6.58 Å². The van der Waals surface area contributed by atoms with E-state index in [1.807, 2.05) is 19.1 Å². The number of hydrogen-bond acceptors (Lipinski definition) is 1. The predicted molar refractivity (Wildman–Crippen MR) is 73.8 cm³/mol. The van der Waals surface area contributed by atoms with Crippen molar-refractivity contribution >= 4 is 17.4 Å². The molecule has 0 atom stereocenters. The molecule has 0 amide bonds. The third-order valence-electron chi connectivity index (χ3n) is 2.79. The molecule has 0 heterocycles. The topological polar surface area (TPSA) is 17.1 Å². The zero-order chi connectivity index (χ0) is 12.7. The third-order valence-corrected chi connectivity index (χ3v) is 3.22. The van der Waals surface area contributed by atoms with E-state index in [-0.39, 0.29) is 5.78 Å². The summed E-state index contributed by atoms with van der Waals surface area (Å²) in [6, 6.07) is 5.47. The monoisotopic (exact) mass is 250 g/mol. The molecule has 1 rings (SSSR count). The van der Waals surface area contributed by atoms with E-state index in [1.54, 1.807) is 12.1 Å². The first-order valence-electron chi connectivity index (χ1n) is 6.05. The molecule has 0 aliphatic carbocycles. The summed E-state index contributed by atoms with van der Waals surface area (Å²) in [4.78, 5) is 11.9. The van der Waals surface area contributed by atoms with Crippen LogP contribution in [0.4, 0.5) is 0 Å². The van der Waals surface area contributed by atoms with Crippen LogP contribution in [0.15, 0.2) is 30.9 Å². The summed E-state index contributed by atoms with van der Waals surface area (Å²) in [5, 5.41) is 0.715. The third kappa shape index (κ3) is 4.74. The van der Waals surface area contributed by atoms with Gasteiger partial charge in [-0.2, -0.15) is 0 Å². The standard InChI is InChI=1S/C15H19ClO/c1-3-4-5-6-7-8-15(17)13-9-10-14(16)12(2)11-13/h3,9-11H,1,4-8H2,2H3. The molecule has 0 N–H and O–H groups in total. The minimum Gasteiger partial charge on any atom is -0.294 e. The molecule has 0 aromatic heterocycles. The molecule has 92 valence electrons. The van der Waals surface area contributed by atoms with E-state index in [0.29, 0.717) is 11.4 Å². The first kappa shape index (κ1) is 14.0. The Labute approximate surface area is 108 Å². The highest BCUT2D eigenvalue weighted by molar-refractivity contribution is 6.31. The molecule has 0 aliphatic rings. The molecule has 0 unspecified atom stereocenters. The van der Waals surface area contributed by atoms with Crippen LogP contribution in [0.1, 0.15) is 48.0 Å². The number of Topliss-reactive ketones (excluding diaryl/α,β-unsaturated/α-hetero) is 1. The molecular formula is C15H19ClO. The average Bonchev–Trinajstić information content (AvgIpc) is 2.32. The molecule has 2 heteroatoms. The Kier molecular flexibility index (Phi) is 5.99. The Bertz CT molecular complexity index is 396. The lowest BCUT2D eigenvalue weighted by Crippen LogP contribution is -1.99. The minimum atomic E-state index is 0.211. The van der Waals surface area contributed by atoms with Crippen LogP contribution in [0.25, 0.3) is 0 Å². The van der Waals surface area contributed by atoms with E-state index >= 15 is 0 Å². The van der Waals surface area contributed by atoms with Gasteiger partial charge >= 0.3 is 0 Å². The quantitative estimate of drug-likeness (QED) is 0.379. The second-order valence-electron chi connectivity index (χ2n) is 4.28. The molecule has 0 aliphatic heterocycles. The average molecular weight is 251 g/mol. The highest BCUT2D eigenvalue weighted by atomic mass is 35.5. The smallest absolute Gasteiger partial charge is 0.162 e. The van der Waals surface area contributed by atoms with E-state index in [9.17, 15) is 4.79 Å². The number of carbonyl (C=O) groups excluding carboxylic acids is 1. The summed E-state index contributed by atoms with van der Waals surface area (Å²) < 4.78 is 0. The largest absolute Gasteiger partial charge is 0.294 e. The fourth-order valence-corrected chi connectivity index (χ4v) is 1.83. The lowest BCUT2D eigenvalue weighted by molar-refractivity contribution is 0.0979. The molecule has 17 heavy (non-hydrogen) atoms. The molecule has 0 radical (unpaired) electrons. The van der Waals surface area contributed by atoms with Crippen molar-refractivity contribution in [3.05, 3.63) is 47.0 Å². The fourth-order valence-electron chi connectivity index (χ4n) is 1.71. The molecule has 0 saturated heterocycles. The Balaban J connectivity index is 2.41. The van der Waals surface area contributed by atoms with Gasteiger partial charge in [0.05, 0.1) is 0 Å². The number of halogens is 1. The maximum absolute atomic E-state index is 11.9. The van der Waals surface area contributed by atoms with Gasteiger partial charge in [0, 0.05) is 17.0 Å². The SMILES string of the molecule is C=CCCCCCC(=O)c1ccc(Cl)c(C)c1. The van der Waals surface area contributed by atoms with Crippen LogP contribution in [-0.2, 0) is 0 Å².